The Labute approximate surface area is 136 Å². The summed E-state index contributed by atoms with van der Waals surface area (Å²) in [6.45, 7) is 3.18. The van der Waals surface area contributed by atoms with Crippen LogP contribution >= 0.6 is 0 Å². The Morgan fingerprint density at radius 3 is 1.92 bits per heavy atom. The van der Waals surface area contributed by atoms with E-state index in [4.69, 9.17) is 4.74 Å². The van der Waals surface area contributed by atoms with Crippen LogP contribution in [0.3, 0.4) is 0 Å². The van der Waals surface area contributed by atoms with Gasteiger partial charge < -0.3 is 9.47 Å². The summed E-state index contributed by atoms with van der Waals surface area (Å²) in [4.78, 5) is 11.9. The van der Waals surface area contributed by atoms with Crippen molar-refractivity contribution >= 4 is 5.78 Å². The van der Waals surface area contributed by atoms with Crippen molar-refractivity contribution in [2.75, 3.05) is 6.61 Å². The average Bonchev–Trinajstić information content (AvgIpc) is 2.40. The van der Waals surface area contributed by atoms with E-state index in [1.165, 1.54) is 6.92 Å². The number of Topliss-reactive ketones (excluding diaryl/α,β-unsaturated/α-hetero) is 1. The molecule has 1 saturated heterocycles. The molecule has 2 atom stereocenters. The van der Waals surface area contributed by atoms with E-state index in [1.807, 2.05) is 0 Å². The second-order valence-corrected chi connectivity index (χ2v) is 6.09. The standard InChI is InChI=1S/C13H15F9O3/c1-4-24-8-7(23)6(5-9(2,3)25-8)10(14,15)11(16,17)12(18,19)13(20,21)22/h6,8H,4-5H2,1-3H3/t6?,8-/m1/s1. The first-order valence-corrected chi connectivity index (χ1v) is 6.95. The van der Waals surface area contributed by atoms with Gasteiger partial charge in [-0.3, -0.25) is 4.79 Å². The van der Waals surface area contributed by atoms with Gasteiger partial charge in [0.25, 0.3) is 0 Å². The van der Waals surface area contributed by atoms with Crippen LogP contribution in [0, 0.1) is 5.92 Å². The minimum absolute atomic E-state index is 0.278. The quantitative estimate of drug-likeness (QED) is 0.660. The van der Waals surface area contributed by atoms with E-state index in [0.29, 0.717) is 0 Å². The highest BCUT2D eigenvalue weighted by atomic mass is 19.4. The Morgan fingerprint density at radius 2 is 1.52 bits per heavy atom. The van der Waals surface area contributed by atoms with Crippen molar-refractivity contribution in [1.82, 2.24) is 0 Å². The SMILES string of the molecule is CCO[C@@H]1OC(C)(C)CC(C(F)(F)C(F)(F)C(F)(F)C(F)(F)F)C1=O. The number of carbonyl (C=O) groups is 1. The van der Waals surface area contributed by atoms with Crippen LogP contribution in [-0.4, -0.2) is 48.2 Å². The zero-order valence-electron chi connectivity index (χ0n) is 13.2. The Bertz CT molecular complexity index is 513. The van der Waals surface area contributed by atoms with Crippen LogP contribution in [0.5, 0.6) is 0 Å². The highest BCUT2D eigenvalue weighted by molar-refractivity contribution is 5.86. The van der Waals surface area contributed by atoms with Gasteiger partial charge in [0.2, 0.25) is 6.29 Å². The molecule has 1 unspecified atom stereocenters. The summed E-state index contributed by atoms with van der Waals surface area (Å²) < 4.78 is 127. The van der Waals surface area contributed by atoms with E-state index in [-0.39, 0.29) is 6.61 Å². The van der Waals surface area contributed by atoms with Gasteiger partial charge in [-0.15, -0.1) is 0 Å². The van der Waals surface area contributed by atoms with Crippen LogP contribution < -0.4 is 0 Å². The molecule has 0 aromatic heterocycles. The molecule has 3 nitrogen and oxygen atoms in total. The lowest BCUT2D eigenvalue weighted by Crippen LogP contribution is -2.66. The summed E-state index contributed by atoms with van der Waals surface area (Å²) in [5, 5.41) is 0. The van der Waals surface area contributed by atoms with E-state index in [0.717, 1.165) is 13.8 Å². The van der Waals surface area contributed by atoms with Crippen molar-refractivity contribution in [2.45, 2.75) is 63.0 Å². The summed E-state index contributed by atoms with van der Waals surface area (Å²) in [6.07, 6.45) is -10.2. The fourth-order valence-electron chi connectivity index (χ4n) is 2.33. The van der Waals surface area contributed by atoms with Crippen LogP contribution in [0.2, 0.25) is 0 Å². The molecule has 0 radical (unpaired) electrons. The van der Waals surface area contributed by atoms with Crippen LogP contribution in [0.25, 0.3) is 0 Å². The van der Waals surface area contributed by atoms with Gasteiger partial charge in [0.1, 0.15) is 0 Å². The maximum atomic E-state index is 14.1. The molecule has 0 amide bonds. The highest BCUT2D eigenvalue weighted by Crippen LogP contribution is 2.57. The fraction of sp³-hybridized carbons (Fsp3) is 0.923. The molecule has 0 spiro atoms. The molecule has 0 aliphatic carbocycles. The Hall–Kier alpha value is -1.04. The predicted molar refractivity (Wildman–Crippen MR) is 64.6 cm³/mol. The number of alkyl halides is 9. The van der Waals surface area contributed by atoms with E-state index in [9.17, 15) is 44.3 Å². The Kier molecular flexibility index (Phi) is 5.53. The maximum Gasteiger partial charge on any atom is 0.460 e. The van der Waals surface area contributed by atoms with Gasteiger partial charge in [-0.05, 0) is 27.2 Å². The molecule has 25 heavy (non-hydrogen) atoms. The zero-order chi connectivity index (χ0) is 20.1. The molecule has 0 aromatic rings. The zero-order valence-corrected chi connectivity index (χ0v) is 13.2. The molecule has 1 fully saturated rings. The van der Waals surface area contributed by atoms with E-state index in [2.05, 4.69) is 4.74 Å². The number of hydrogen-bond acceptors (Lipinski definition) is 3. The molecule has 0 aromatic carbocycles. The lowest BCUT2D eigenvalue weighted by atomic mass is 9.79. The van der Waals surface area contributed by atoms with Gasteiger partial charge in [-0.25, -0.2) is 0 Å². The second-order valence-electron chi connectivity index (χ2n) is 6.09. The number of rotatable bonds is 5. The number of hydrogen-bond donors (Lipinski definition) is 0. The normalized spacial score (nSPS) is 26.0. The molecule has 148 valence electrons. The van der Waals surface area contributed by atoms with Crippen molar-refractivity contribution in [2.24, 2.45) is 5.92 Å². The molecule has 0 N–H and O–H groups in total. The van der Waals surface area contributed by atoms with E-state index >= 15 is 0 Å². The Morgan fingerprint density at radius 1 is 1.04 bits per heavy atom. The molecular formula is C13H15F9O3. The lowest BCUT2D eigenvalue weighted by molar-refractivity contribution is -0.404. The van der Waals surface area contributed by atoms with Crippen LogP contribution in [-0.2, 0) is 14.3 Å². The molecule has 1 heterocycles. The fourth-order valence-corrected chi connectivity index (χ4v) is 2.33. The smallest absolute Gasteiger partial charge is 0.346 e. The topological polar surface area (TPSA) is 35.5 Å². The molecule has 1 aliphatic rings. The summed E-state index contributed by atoms with van der Waals surface area (Å²) in [5.41, 5.74) is -1.70. The number of ketones is 1. The minimum atomic E-state index is -7.05. The van der Waals surface area contributed by atoms with Crippen molar-refractivity contribution in [3.05, 3.63) is 0 Å². The summed E-state index contributed by atoms with van der Waals surface area (Å²) in [6, 6.07) is 0. The molecule has 1 rings (SSSR count). The first-order chi connectivity index (χ1) is 10.9. The average molecular weight is 390 g/mol. The van der Waals surface area contributed by atoms with Gasteiger partial charge >= 0.3 is 23.9 Å². The van der Waals surface area contributed by atoms with Crippen LogP contribution in [0.4, 0.5) is 39.5 Å². The van der Waals surface area contributed by atoms with Crippen molar-refractivity contribution < 1.29 is 53.8 Å². The third-order valence-electron chi connectivity index (χ3n) is 3.62. The van der Waals surface area contributed by atoms with Crippen LogP contribution in [0.1, 0.15) is 27.2 Å². The minimum Gasteiger partial charge on any atom is -0.346 e. The number of halogens is 9. The predicted octanol–water partition coefficient (Wildman–Crippen LogP) is 4.20. The summed E-state index contributed by atoms with van der Waals surface area (Å²) >= 11 is 0. The third-order valence-corrected chi connectivity index (χ3v) is 3.62. The van der Waals surface area contributed by atoms with Gasteiger partial charge in [-0.1, -0.05) is 0 Å². The first-order valence-electron chi connectivity index (χ1n) is 6.95. The maximum absolute atomic E-state index is 14.1. The lowest BCUT2D eigenvalue weighted by Gasteiger charge is -2.44. The van der Waals surface area contributed by atoms with Crippen molar-refractivity contribution in [3.63, 3.8) is 0 Å². The highest BCUT2D eigenvalue weighted by Gasteiger charge is 2.83. The van der Waals surface area contributed by atoms with Gasteiger partial charge in [-0.2, -0.15) is 39.5 Å². The molecular weight excluding hydrogens is 375 g/mol. The van der Waals surface area contributed by atoms with E-state index < -0.39 is 54.0 Å². The number of ether oxygens (including phenoxy) is 2. The summed E-state index contributed by atoms with van der Waals surface area (Å²) in [5.74, 6) is -24.9. The van der Waals surface area contributed by atoms with Crippen molar-refractivity contribution in [3.8, 4) is 0 Å². The first kappa shape index (κ1) is 22.0. The molecule has 0 bridgehead atoms. The van der Waals surface area contributed by atoms with Gasteiger partial charge in [0.05, 0.1) is 11.5 Å². The monoisotopic (exact) mass is 390 g/mol. The molecule has 1 aliphatic heterocycles. The van der Waals surface area contributed by atoms with Gasteiger partial charge in [0, 0.05) is 6.61 Å². The van der Waals surface area contributed by atoms with Gasteiger partial charge in [0.15, 0.2) is 5.78 Å². The molecule has 0 saturated carbocycles. The van der Waals surface area contributed by atoms with Crippen LogP contribution in [0.15, 0.2) is 0 Å². The second kappa shape index (κ2) is 6.29. The number of carbonyl (C=O) groups excluding carboxylic acids is 1. The van der Waals surface area contributed by atoms with Crippen molar-refractivity contribution in [1.29, 1.82) is 0 Å². The third kappa shape index (κ3) is 3.60. The summed E-state index contributed by atoms with van der Waals surface area (Å²) in [7, 11) is 0. The van der Waals surface area contributed by atoms with E-state index in [1.54, 1.807) is 0 Å². The Balaban J connectivity index is 3.36. The largest absolute Gasteiger partial charge is 0.460 e. The molecule has 12 heteroatoms.